The van der Waals surface area contributed by atoms with Gasteiger partial charge in [-0.1, -0.05) is 376 Å². The number of nitrogens with zero attached hydrogens (tertiary/aromatic N) is 4. The summed E-state index contributed by atoms with van der Waals surface area (Å²) in [5.74, 6) is 0. The van der Waals surface area contributed by atoms with Crippen molar-refractivity contribution >= 4 is 99.3 Å². The van der Waals surface area contributed by atoms with Gasteiger partial charge < -0.3 is 18.9 Å². The van der Waals surface area contributed by atoms with Crippen LogP contribution in [0, 0.1) is 0 Å². The number of fused-ring (bicyclic) bond motifs is 8. The highest BCUT2D eigenvalue weighted by atomic mass is 15.1. The largest absolute Gasteiger partial charge is 0.310 e. The van der Waals surface area contributed by atoms with Crippen molar-refractivity contribution in [3.8, 4) is 134 Å². The molecular formula is C128H86N4. The number of aromatic nitrogens is 2. The first-order valence-electron chi connectivity index (χ1n) is 45.4. The van der Waals surface area contributed by atoms with E-state index >= 15 is 0 Å². The van der Waals surface area contributed by atoms with Gasteiger partial charge in [0.2, 0.25) is 0 Å². The van der Waals surface area contributed by atoms with Crippen LogP contribution >= 0.6 is 0 Å². The molecule has 0 fully saturated rings. The topological polar surface area (TPSA) is 16.3 Å². The molecule has 22 aromatic carbocycles. The molecule has 0 bridgehead atoms. The van der Waals surface area contributed by atoms with Crippen molar-refractivity contribution < 1.29 is 0 Å². The van der Waals surface area contributed by atoms with E-state index in [1.807, 2.05) is 0 Å². The molecule has 4 heteroatoms. The molecular weight excluding hydrogens is 1590 g/mol. The van der Waals surface area contributed by atoms with E-state index in [4.69, 9.17) is 0 Å². The summed E-state index contributed by atoms with van der Waals surface area (Å²) in [6.45, 7) is 0. The first-order chi connectivity index (χ1) is 65.4. The van der Waals surface area contributed by atoms with Crippen LogP contribution in [0.5, 0.6) is 0 Å². The molecule has 2 aromatic heterocycles. The molecule has 0 saturated carbocycles. The van der Waals surface area contributed by atoms with Gasteiger partial charge in [-0.05, 0) is 278 Å². The van der Waals surface area contributed by atoms with Gasteiger partial charge in [0, 0.05) is 66.8 Å². The van der Waals surface area contributed by atoms with Crippen LogP contribution in [0.2, 0.25) is 0 Å². The molecule has 2 heterocycles. The van der Waals surface area contributed by atoms with Gasteiger partial charge in [-0.3, -0.25) is 0 Å². The lowest BCUT2D eigenvalue weighted by molar-refractivity contribution is 1.18. The second kappa shape index (κ2) is 33.7. The average Bonchev–Trinajstić information content (AvgIpc) is 1.58. The van der Waals surface area contributed by atoms with Crippen LogP contribution in [0.4, 0.5) is 34.1 Å². The number of para-hydroxylation sites is 5. The third-order valence-corrected chi connectivity index (χ3v) is 26.5. The predicted molar refractivity (Wildman–Crippen MR) is 559 cm³/mol. The summed E-state index contributed by atoms with van der Waals surface area (Å²) in [6.07, 6.45) is 0. The van der Waals surface area contributed by atoms with Crippen LogP contribution in [-0.2, 0) is 0 Å². The highest BCUT2D eigenvalue weighted by Gasteiger charge is 2.24. The monoisotopic (exact) mass is 1680 g/mol. The number of anilines is 6. The third-order valence-electron chi connectivity index (χ3n) is 26.5. The molecule has 0 spiro atoms. The zero-order valence-electron chi connectivity index (χ0n) is 72.4. The molecule has 0 atom stereocenters. The van der Waals surface area contributed by atoms with Gasteiger partial charge in [0.1, 0.15) is 0 Å². The molecule has 4 nitrogen and oxygen atoms in total. The fraction of sp³-hybridized carbons (Fsp3) is 0. The van der Waals surface area contributed by atoms with Gasteiger partial charge in [-0.15, -0.1) is 0 Å². The zero-order chi connectivity index (χ0) is 87.4. The smallest absolute Gasteiger partial charge is 0.0547 e. The van der Waals surface area contributed by atoms with Crippen molar-refractivity contribution in [2.75, 3.05) is 9.80 Å². The number of hydrogen-bond donors (Lipinski definition) is 0. The molecule has 24 aromatic rings. The Labute approximate surface area is 768 Å². The van der Waals surface area contributed by atoms with E-state index in [1.54, 1.807) is 0 Å². The normalized spacial score (nSPS) is 11.5. The van der Waals surface area contributed by atoms with E-state index in [0.29, 0.717) is 0 Å². The van der Waals surface area contributed by atoms with Crippen molar-refractivity contribution in [3.05, 3.63) is 522 Å². The summed E-state index contributed by atoms with van der Waals surface area (Å²) < 4.78 is 4.90. The van der Waals surface area contributed by atoms with Crippen molar-refractivity contribution in [1.82, 2.24) is 9.13 Å². The van der Waals surface area contributed by atoms with Crippen LogP contribution in [0.15, 0.2) is 522 Å². The maximum absolute atomic E-state index is 2.48. The summed E-state index contributed by atoms with van der Waals surface area (Å²) in [4.78, 5) is 4.81. The van der Waals surface area contributed by atoms with Gasteiger partial charge in [-0.25, -0.2) is 0 Å². The molecule has 0 unspecified atom stereocenters. The summed E-state index contributed by atoms with van der Waals surface area (Å²) in [7, 11) is 0. The molecule has 0 aliphatic heterocycles. The molecule has 618 valence electrons. The summed E-state index contributed by atoms with van der Waals surface area (Å²) in [5.41, 5.74) is 38.8. The third kappa shape index (κ3) is 14.7. The Morgan fingerprint density at radius 1 is 0.121 bits per heavy atom. The minimum absolute atomic E-state index is 1.05. The van der Waals surface area contributed by atoms with Crippen molar-refractivity contribution in [2.24, 2.45) is 0 Å². The van der Waals surface area contributed by atoms with Gasteiger partial charge >= 0.3 is 0 Å². The molecule has 132 heavy (non-hydrogen) atoms. The van der Waals surface area contributed by atoms with Crippen LogP contribution in [0.25, 0.3) is 199 Å². The second-order valence-corrected chi connectivity index (χ2v) is 34.3. The lowest BCUT2D eigenvalue weighted by Gasteiger charge is -2.27. The standard InChI is InChI=1S/C128H86N4/c1-4-25-87(26-5-1)91-49-51-92(52-50-91)102-37-24-38-115(83-102)129(111-68-59-93(60-69-111)98-33-22-35-100(77-98)103-54-53-90-31-10-11-32-97(90)79-103)112-72-63-96(64-73-112)118-40-13-18-45-124(118)132-127-48-21-16-43-121(127)122-76-67-108(86-128(122)132)107-58-57-105-80-104(55-56-106(105)81-107)101-36-23-34-99(78-101)94-61-70-113(71-62-94)130(116-84-109(88-27-6-2-7-28-88)82-110(85-116)89-29-8-3-9-30-89)114-74-65-95(66-75-114)117-39-12-17-44-123(117)131-125-46-19-14-41-119(125)120-42-15-20-47-126(120)131/h1-86H. The van der Waals surface area contributed by atoms with Crippen molar-refractivity contribution in [3.63, 3.8) is 0 Å². The fourth-order valence-electron chi connectivity index (χ4n) is 19.9. The van der Waals surface area contributed by atoms with E-state index in [1.165, 1.54) is 81.9 Å². The zero-order valence-corrected chi connectivity index (χ0v) is 72.4. The van der Waals surface area contributed by atoms with Crippen molar-refractivity contribution in [1.29, 1.82) is 0 Å². The van der Waals surface area contributed by atoms with Crippen LogP contribution in [-0.4, -0.2) is 9.13 Å². The summed E-state index contributed by atoms with van der Waals surface area (Å²) in [6, 6.07) is 192. The molecule has 0 radical (unpaired) electrons. The Morgan fingerprint density at radius 3 is 0.833 bits per heavy atom. The SMILES string of the molecule is c1ccc(-c2ccc(-c3cccc(N(c4ccc(-c5cccc(-c6ccc7ccccc7c6)c5)cc4)c4ccc(-c5ccccc5-n5c6ccccc6c6ccc(-c7ccc8cc(-c9cccc(-c%10ccc(N(c%11ccc(-c%12ccccc%12-n%12c%13ccccc%13c%13ccccc%13%12)cc%11)c%11cc(-c%12ccccc%12)cc(-c%12ccccc%12)c%11)cc%10)c9)ccc8c7)cc65)cc4)c3)cc2)cc1. The maximum Gasteiger partial charge on any atom is 0.0547 e. The van der Waals surface area contributed by atoms with Gasteiger partial charge in [-0.2, -0.15) is 0 Å². The summed E-state index contributed by atoms with van der Waals surface area (Å²) in [5, 5.41) is 9.75. The Hall–Kier alpha value is -17.4. The molecule has 0 aliphatic carbocycles. The summed E-state index contributed by atoms with van der Waals surface area (Å²) >= 11 is 0. The van der Waals surface area contributed by atoms with E-state index in [0.717, 1.165) is 151 Å². The second-order valence-electron chi connectivity index (χ2n) is 34.3. The maximum atomic E-state index is 2.48. The van der Waals surface area contributed by atoms with Gasteiger partial charge in [0.05, 0.1) is 33.4 Å². The Kier molecular flexibility index (Phi) is 19.9. The lowest BCUT2D eigenvalue weighted by atomic mass is 9.95. The van der Waals surface area contributed by atoms with Crippen LogP contribution in [0.3, 0.4) is 0 Å². The minimum atomic E-state index is 1.05. The highest BCUT2D eigenvalue weighted by molar-refractivity contribution is 6.12. The highest BCUT2D eigenvalue weighted by Crippen LogP contribution is 2.47. The number of rotatable bonds is 19. The fourth-order valence-corrected chi connectivity index (χ4v) is 19.9. The predicted octanol–water partition coefficient (Wildman–Crippen LogP) is 35.5. The average molecular weight is 1680 g/mol. The Bertz CT molecular complexity index is 8350. The van der Waals surface area contributed by atoms with Gasteiger partial charge in [0.25, 0.3) is 0 Å². The first kappa shape index (κ1) is 78.1. The van der Waals surface area contributed by atoms with E-state index < -0.39 is 0 Å². The van der Waals surface area contributed by atoms with Crippen LogP contribution in [0.1, 0.15) is 0 Å². The molecule has 0 amide bonds. The lowest BCUT2D eigenvalue weighted by Crippen LogP contribution is -2.10. The van der Waals surface area contributed by atoms with E-state index in [9.17, 15) is 0 Å². The first-order valence-corrected chi connectivity index (χ1v) is 45.4. The number of hydrogen-bond acceptors (Lipinski definition) is 2. The Morgan fingerprint density at radius 2 is 0.379 bits per heavy atom. The minimum Gasteiger partial charge on any atom is -0.310 e. The quantitative estimate of drug-likeness (QED) is 0.0802. The van der Waals surface area contributed by atoms with Crippen molar-refractivity contribution in [2.45, 2.75) is 0 Å². The molecule has 24 rings (SSSR count). The van der Waals surface area contributed by atoms with E-state index in [2.05, 4.69) is 541 Å². The number of benzene rings is 22. The Balaban J connectivity index is 0.530. The molecule has 0 saturated heterocycles. The molecule has 0 aliphatic rings. The molecule has 0 N–H and O–H groups in total. The van der Waals surface area contributed by atoms with Crippen LogP contribution < -0.4 is 9.80 Å². The van der Waals surface area contributed by atoms with E-state index in [-0.39, 0.29) is 0 Å². The van der Waals surface area contributed by atoms with Gasteiger partial charge in [0.15, 0.2) is 0 Å².